The van der Waals surface area contributed by atoms with Crippen LogP contribution in [0.3, 0.4) is 0 Å². The Hall–Kier alpha value is 1.06. The quantitative estimate of drug-likeness (QED) is 0.616. The van der Waals surface area contributed by atoms with Crippen molar-refractivity contribution < 1.29 is 32.7 Å². The summed E-state index contributed by atoms with van der Waals surface area (Å²) in [7, 11) is 2.16. The number of rotatable bonds is 1. The van der Waals surface area contributed by atoms with Crippen molar-refractivity contribution >= 4 is 0 Å². The summed E-state index contributed by atoms with van der Waals surface area (Å²) in [4.78, 5) is 2.35. The Balaban J connectivity index is 0.000001000. The zero-order chi connectivity index (χ0) is 7.56. The van der Waals surface area contributed by atoms with Crippen LogP contribution in [0.1, 0.15) is 12.8 Å². The topological polar surface area (TPSA) is 3.24 Å². The summed E-state index contributed by atoms with van der Waals surface area (Å²) in [5.41, 5.74) is 0. The van der Waals surface area contributed by atoms with Gasteiger partial charge < -0.3 is 18.7 Å². The molecule has 0 N–H and O–H groups in total. The number of hydrogen-bond acceptors (Lipinski definition) is 1. The summed E-state index contributed by atoms with van der Waals surface area (Å²) >= 11 is 0. The zero-order valence-electron chi connectivity index (χ0n) is 7.42. The molecule has 0 amide bonds. The van der Waals surface area contributed by atoms with Gasteiger partial charge in [-0.15, -0.1) is 0 Å². The van der Waals surface area contributed by atoms with Crippen molar-refractivity contribution in [3.8, 4) is 0 Å². The van der Waals surface area contributed by atoms with Crippen molar-refractivity contribution in [1.82, 2.24) is 4.90 Å². The van der Waals surface area contributed by atoms with E-state index in [1.54, 1.807) is 0 Å². The molecule has 0 aromatic rings. The molecule has 2 unspecified atom stereocenters. The maximum absolute atomic E-state index is 4.12. The molecule has 1 rings (SSSR count). The van der Waals surface area contributed by atoms with Gasteiger partial charge in [-0.3, -0.25) is 0 Å². The smallest absolute Gasteiger partial charge is 0 e. The molecule has 1 heterocycles. The second kappa shape index (κ2) is 5.67. The van der Waals surface area contributed by atoms with Crippen LogP contribution in [0.15, 0.2) is 0 Å². The van der Waals surface area contributed by atoms with Crippen molar-refractivity contribution in [3.05, 3.63) is 13.8 Å². The fourth-order valence-corrected chi connectivity index (χ4v) is 1.64. The number of nitrogens with zero attached hydrogens (tertiary/aromatic N) is 1. The van der Waals surface area contributed by atoms with Crippen molar-refractivity contribution in [2.75, 3.05) is 20.1 Å². The minimum Gasteiger partial charge on any atom is -0.343 e. The van der Waals surface area contributed by atoms with E-state index in [1.165, 1.54) is 13.0 Å². The third-order valence-corrected chi connectivity index (χ3v) is 2.47. The molecule has 1 fully saturated rings. The molecule has 2 atom stereocenters. The van der Waals surface area contributed by atoms with Crippen LogP contribution >= 0.6 is 0 Å². The van der Waals surface area contributed by atoms with Gasteiger partial charge in [0.2, 0.25) is 0 Å². The van der Waals surface area contributed by atoms with Crippen LogP contribution in [0.4, 0.5) is 0 Å². The second-order valence-electron chi connectivity index (χ2n) is 3.36. The Kier molecular flexibility index (Phi) is 6.21. The van der Waals surface area contributed by atoms with E-state index in [2.05, 4.69) is 25.8 Å². The van der Waals surface area contributed by atoms with Gasteiger partial charge in [-0.1, -0.05) is 5.92 Å². The molecule has 63 valence electrons. The average Bonchev–Trinajstić information content (AvgIpc) is 1.88. The Labute approximate surface area is 95.8 Å². The molecular formula is C9H17NY-2. The van der Waals surface area contributed by atoms with E-state index in [-0.39, 0.29) is 32.7 Å². The van der Waals surface area contributed by atoms with Gasteiger partial charge in [0.1, 0.15) is 0 Å². The first-order chi connectivity index (χ1) is 4.74. The summed E-state index contributed by atoms with van der Waals surface area (Å²) in [6, 6.07) is 0. The van der Waals surface area contributed by atoms with E-state index in [0.29, 0.717) is 5.92 Å². The molecule has 0 aliphatic carbocycles. The standard InChI is InChI=1S/C9H17N.Y/c1-4-9-5-6-10(3)7-8(9)2;/h8-9H,1-2,4-7H2,3H3;/q-2;. The SMILES string of the molecule is [CH2-]CC1CCN(C)CC1[CH2-].[Y]. The monoisotopic (exact) mass is 228 g/mol. The van der Waals surface area contributed by atoms with Crippen LogP contribution in [0.25, 0.3) is 0 Å². The maximum atomic E-state index is 4.12. The summed E-state index contributed by atoms with van der Waals surface area (Å²) in [6.07, 6.45) is 2.34. The van der Waals surface area contributed by atoms with Gasteiger partial charge in [-0.25, -0.2) is 0 Å². The minimum atomic E-state index is 0. The van der Waals surface area contributed by atoms with E-state index in [9.17, 15) is 0 Å². The van der Waals surface area contributed by atoms with E-state index < -0.39 is 0 Å². The van der Waals surface area contributed by atoms with Crippen molar-refractivity contribution in [2.24, 2.45) is 11.8 Å². The minimum absolute atomic E-state index is 0. The third kappa shape index (κ3) is 3.52. The Morgan fingerprint density at radius 3 is 2.64 bits per heavy atom. The summed E-state index contributed by atoms with van der Waals surface area (Å²) in [6.45, 7) is 10.4. The van der Waals surface area contributed by atoms with E-state index in [1.807, 2.05) is 0 Å². The van der Waals surface area contributed by atoms with Crippen LogP contribution in [-0.4, -0.2) is 25.0 Å². The molecule has 0 saturated carbocycles. The Morgan fingerprint density at radius 2 is 2.18 bits per heavy atom. The molecule has 1 aliphatic heterocycles. The average molecular weight is 228 g/mol. The summed E-state index contributed by atoms with van der Waals surface area (Å²) < 4.78 is 0. The number of likely N-dealkylation sites (tertiary alicyclic amines) is 1. The van der Waals surface area contributed by atoms with Crippen LogP contribution < -0.4 is 0 Å². The first-order valence-electron chi connectivity index (χ1n) is 4.05. The molecule has 0 bridgehead atoms. The van der Waals surface area contributed by atoms with E-state index in [4.69, 9.17) is 0 Å². The van der Waals surface area contributed by atoms with Crippen LogP contribution in [0, 0.1) is 25.7 Å². The fourth-order valence-electron chi connectivity index (χ4n) is 1.64. The molecule has 1 radical (unpaired) electrons. The molecule has 2 heteroatoms. The summed E-state index contributed by atoms with van der Waals surface area (Å²) in [5.74, 6) is 1.38. The first-order valence-corrected chi connectivity index (χ1v) is 4.05. The second-order valence-corrected chi connectivity index (χ2v) is 3.36. The van der Waals surface area contributed by atoms with Gasteiger partial charge in [0, 0.05) is 32.7 Å². The maximum Gasteiger partial charge on any atom is 0 e. The molecule has 1 saturated heterocycles. The van der Waals surface area contributed by atoms with E-state index >= 15 is 0 Å². The Morgan fingerprint density at radius 1 is 1.55 bits per heavy atom. The largest absolute Gasteiger partial charge is 0.343 e. The summed E-state index contributed by atoms with van der Waals surface area (Å²) in [5, 5.41) is 0. The third-order valence-electron chi connectivity index (χ3n) is 2.47. The van der Waals surface area contributed by atoms with Crippen molar-refractivity contribution in [2.45, 2.75) is 12.8 Å². The fraction of sp³-hybridized carbons (Fsp3) is 0.778. The number of hydrogen-bond donors (Lipinski definition) is 0. The van der Waals surface area contributed by atoms with Crippen molar-refractivity contribution in [3.63, 3.8) is 0 Å². The molecule has 0 aromatic carbocycles. The predicted molar refractivity (Wildman–Crippen MR) is 44.4 cm³/mol. The molecular weight excluding hydrogens is 211 g/mol. The zero-order valence-corrected chi connectivity index (χ0v) is 10.3. The molecule has 0 aromatic heterocycles. The van der Waals surface area contributed by atoms with Gasteiger partial charge in [0.05, 0.1) is 0 Å². The van der Waals surface area contributed by atoms with Gasteiger partial charge in [-0.2, -0.15) is 12.3 Å². The molecule has 11 heavy (non-hydrogen) atoms. The van der Waals surface area contributed by atoms with Gasteiger partial charge in [-0.05, 0) is 26.6 Å². The Bertz CT molecular complexity index is 106. The molecule has 0 spiro atoms. The van der Waals surface area contributed by atoms with Gasteiger partial charge >= 0.3 is 0 Å². The van der Waals surface area contributed by atoms with E-state index in [0.717, 1.165) is 18.9 Å². The van der Waals surface area contributed by atoms with Crippen molar-refractivity contribution in [1.29, 1.82) is 0 Å². The molecule has 1 nitrogen and oxygen atoms in total. The van der Waals surface area contributed by atoms with Crippen LogP contribution in [0.5, 0.6) is 0 Å². The van der Waals surface area contributed by atoms with Crippen LogP contribution in [0.2, 0.25) is 0 Å². The number of piperidine rings is 1. The predicted octanol–water partition coefficient (Wildman–Crippen LogP) is 1.61. The van der Waals surface area contributed by atoms with Gasteiger partial charge in [0.15, 0.2) is 0 Å². The van der Waals surface area contributed by atoms with Gasteiger partial charge in [0.25, 0.3) is 0 Å². The normalized spacial score (nSPS) is 33.0. The van der Waals surface area contributed by atoms with Crippen LogP contribution in [-0.2, 0) is 32.7 Å². The first kappa shape index (κ1) is 12.1. The molecule has 1 aliphatic rings.